The van der Waals surface area contributed by atoms with Crippen molar-refractivity contribution in [3.05, 3.63) is 102 Å². The molecule has 1 aliphatic rings. The van der Waals surface area contributed by atoms with Crippen LogP contribution < -0.4 is 15.2 Å². The van der Waals surface area contributed by atoms with Crippen molar-refractivity contribution in [2.24, 2.45) is 0 Å². The second-order valence-corrected chi connectivity index (χ2v) is 8.56. The zero-order valence-electron chi connectivity index (χ0n) is 19.5. The van der Waals surface area contributed by atoms with Gasteiger partial charge in [-0.15, -0.1) is 0 Å². The number of ether oxygens (including phenoxy) is 3. The highest BCUT2D eigenvalue weighted by atomic mass is 19.1. The van der Waals surface area contributed by atoms with Crippen LogP contribution in [0, 0.1) is 5.82 Å². The largest absolute Gasteiger partial charge is 0.489 e. The molecule has 2 N–H and O–H groups in total. The third-order valence-electron chi connectivity index (χ3n) is 6.28. The summed E-state index contributed by atoms with van der Waals surface area (Å²) >= 11 is 0. The molecule has 0 aliphatic carbocycles. The van der Waals surface area contributed by atoms with Crippen LogP contribution in [0.5, 0.6) is 17.2 Å². The summed E-state index contributed by atoms with van der Waals surface area (Å²) in [5.74, 6) is 1.99. The van der Waals surface area contributed by atoms with Crippen LogP contribution in [0.25, 0.3) is 16.7 Å². The molecule has 36 heavy (non-hydrogen) atoms. The highest BCUT2D eigenvalue weighted by Crippen LogP contribution is 2.41. The Bertz CT molecular complexity index is 1570. The Kier molecular flexibility index (Phi) is 5.50. The monoisotopic (exact) mass is 482 g/mol. The predicted octanol–water partition coefficient (Wildman–Crippen LogP) is 6.10. The van der Waals surface area contributed by atoms with E-state index in [9.17, 15) is 4.39 Å². The third kappa shape index (κ3) is 3.91. The number of halogens is 1. The van der Waals surface area contributed by atoms with Gasteiger partial charge in [0.05, 0.1) is 18.4 Å². The van der Waals surface area contributed by atoms with E-state index in [0.29, 0.717) is 35.2 Å². The molecule has 0 saturated carbocycles. The third-order valence-corrected chi connectivity index (χ3v) is 6.28. The maximum absolute atomic E-state index is 13.9. The molecule has 0 fully saturated rings. The molecule has 0 radical (unpaired) electrons. The first-order chi connectivity index (χ1) is 17.6. The topological polar surface area (TPSA) is 84.4 Å². The predicted molar refractivity (Wildman–Crippen MR) is 134 cm³/mol. The van der Waals surface area contributed by atoms with E-state index in [2.05, 4.69) is 14.5 Å². The second-order valence-electron chi connectivity index (χ2n) is 8.56. The normalized spacial score (nSPS) is 14.7. The van der Waals surface area contributed by atoms with E-state index in [1.807, 2.05) is 49.4 Å². The van der Waals surface area contributed by atoms with Gasteiger partial charge in [0.25, 0.3) is 0 Å². The molecule has 7 nitrogen and oxygen atoms in total. The maximum atomic E-state index is 13.9. The Morgan fingerprint density at radius 1 is 1.00 bits per heavy atom. The van der Waals surface area contributed by atoms with Crippen molar-refractivity contribution in [2.45, 2.75) is 26.2 Å². The number of hydrogen-bond acceptors (Lipinski definition) is 6. The molecule has 0 bridgehead atoms. The molecule has 1 atom stereocenters. The zero-order chi connectivity index (χ0) is 24.6. The number of nitrogens with two attached hydrogens (primary N) is 1. The average Bonchev–Trinajstić information content (AvgIpc) is 3.43. The fourth-order valence-corrected chi connectivity index (χ4v) is 4.55. The van der Waals surface area contributed by atoms with Gasteiger partial charge in [-0.2, -0.15) is 0 Å². The summed E-state index contributed by atoms with van der Waals surface area (Å²) in [6, 6.07) is 21.5. The summed E-state index contributed by atoms with van der Waals surface area (Å²) in [7, 11) is 0. The molecule has 6 rings (SSSR count). The molecule has 3 aromatic carbocycles. The van der Waals surface area contributed by atoms with Gasteiger partial charge in [0, 0.05) is 22.9 Å². The lowest BCUT2D eigenvalue weighted by atomic mass is 10.1. The van der Waals surface area contributed by atoms with Gasteiger partial charge in [0.2, 0.25) is 0 Å². The van der Waals surface area contributed by atoms with E-state index in [-0.39, 0.29) is 18.5 Å². The standard InChI is InChI=1S/C28H23FN4O3/c1-17-25-24(15-34-17)33(27-26(25)31-16-32-28(27)30)19-9-11-20(12-10-19)36-22-7-4-6-21(13-22)35-14-18-5-2-3-8-23(18)29/h2-13,16-17H,14-15H2,1H3,(H2,30,31,32). The minimum absolute atomic E-state index is 0.0615. The number of fused-ring (bicyclic) bond motifs is 3. The van der Waals surface area contributed by atoms with Gasteiger partial charge in [-0.25, -0.2) is 14.4 Å². The van der Waals surface area contributed by atoms with E-state index < -0.39 is 0 Å². The van der Waals surface area contributed by atoms with Crippen molar-refractivity contribution < 1.29 is 18.6 Å². The highest BCUT2D eigenvalue weighted by Gasteiger charge is 2.30. The SMILES string of the molecule is CC1OCc2c1c1ncnc(N)c1n2-c1ccc(Oc2cccc(OCc3ccccc3F)c2)cc1. The lowest BCUT2D eigenvalue weighted by Crippen LogP contribution is -2.03. The van der Waals surface area contributed by atoms with Crippen LogP contribution in [0.1, 0.15) is 29.8 Å². The molecule has 0 amide bonds. The van der Waals surface area contributed by atoms with E-state index in [4.69, 9.17) is 19.9 Å². The van der Waals surface area contributed by atoms with Crippen molar-refractivity contribution in [3.63, 3.8) is 0 Å². The van der Waals surface area contributed by atoms with Gasteiger partial charge >= 0.3 is 0 Å². The summed E-state index contributed by atoms with van der Waals surface area (Å²) in [5, 5.41) is 0. The van der Waals surface area contributed by atoms with Crippen LogP contribution in [0.2, 0.25) is 0 Å². The Hall–Kier alpha value is -4.43. The van der Waals surface area contributed by atoms with E-state index >= 15 is 0 Å². The number of hydrogen-bond donors (Lipinski definition) is 1. The van der Waals surface area contributed by atoms with Crippen molar-refractivity contribution >= 4 is 16.9 Å². The maximum Gasteiger partial charge on any atom is 0.151 e. The molecule has 0 saturated heterocycles. The first-order valence-corrected chi connectivity index (χ1v) is 11.6. The number of anilines is 1. The zero-order valence-corrected chi connectivity index (χ0v) is 19.5. The summed E-state index contributed by atoms with van der Waals surface area (Å²) in [4.78, 5) is 8.68. The van der Waals surface area contributed by atoms with Gasteiger partial charge in [0.15, 0.2) is 5.82 Å². The van der Waals surface area contributed by atoms with Crippen LogP contribution in [-0.2, 0) is 18.0 Å². The van der Waals surface area contributed by atoms with Gasteiger partial charge in [-0.1, -0.05) is 24.3 Å². The molecule has 5 aromatic rings. The highest BCUT2D eigenvalue weighted by molar-refractivity contribution is 5.91. The summed E-state index contributed by atoms with van der Waals surface area (Å²) in [5.41, 5.74) is 11.3. The number of nitrogen functional groups attached to an aromatic ring is 1. The first-order valence-electron chi connectivity index (χ1n) is 11.6. The van der Waals surface area contributed by atoms with Gasteiger partial charge in [-0.05, 0) is 49.4 Å². The number of nitrogens with zero attached hydrogens (tertiary/aromatic N) is 3. The van der Waals surface area contributed by atoms with Crippen molar-refractivity contribution in [1.82, 2.24) is 14.5 Å². The molecule has 0 spiro atoms. The van der Waals surface area contributed by atoms with Crippen LogP contribution in [-0.4, -0.2) is 14.5 Å². The quantitative estimate of drug-likeness (QED) is 0.315. The molecule has 2 aromatic heterocycles. The van der Waals surface area contributed by atoms with Gasteiger partial charge in [0.1, 0.15) is 47.0 Å². The molecule has 3 heterocycles. The van der Waals surface area contributed by atoms with Crippen LogP contribution in [0.4, 0.5) is 10.2 Å². The molecule has 8 heteroatoms. The number of benzene rings is 3. The minimum atomic E-state index is -0.291. The van der Waals surface area contributed by atoms with Crippen molar-refractivity contribution in [1.29, 1.82) is 0 Å². The lowest BCUT2D eigenvalue weighted by Gasteiger charge is -2.12. The Labute approximate surface area is 206 Å². The fourth-order valence-electron chi connectivity index (χ4n) is 4.55. The lowest BCUT2D eigenvalue weighted by molar-refractivity contribution is 0.0783. The average molecular weight is 483 g/mol. The molecular weight excluding hydrogens is 459 g/mol. The van der Waals surface area contributed by atoms with Crippen molar-refractivity contribution in [2.75, 3.05) is 5.73 Å². The van der Waals surface area contributed by atoms with Crippen LogP contribution >= 0.6 is 0 Å². The Morgan fingerprint density at radius 2 is 1.81 bits per heavy atom. The van der Waals surface area contributed by atoms with E-state index in [0.717, 1.165) is 28.0 Å². The summed E-state index contributed by atoms with van der Waals surface area (Å²) in [6.07, 6.45) is 1.42. The molecule has 1 unspecified atom stereocenters. The fraction of sp³-hybridized carbons (Fsp3) is 0.143. The van der Waals surface area contributed by atoms with E-state index in [1.165, 1.54) is 12.4 Å². The first kappa shape index (κ1) is 22.1. The molecule has 1 aliphatic heterocycles. The Morgan fingerprint density at radius 3 is 2.64 bits per heavy atom. The smallest absolute Gasteiger partial charge is 0.151 e. The molecular formula is C28H23FN4O3. The summed E-state index contributed by atoms with van der Waals surface area (Å²) < 4.78 is 33.6. The van der Waals surface area contributed by atoms with Crippen molar-refractivity contribution in [3.8, 4) is 22.9 Å². The van der Waals surface area contributed by atoms with Gasteiger partial charge in [-0.3, -0.25) is 0 Å². The minimum Gasteiger partial charge on any atom is -0.489 e. The van der Waals surface area contributed by atoms with Crippen LogP contribution in [0.15, 0.2) is 79.1 Å². The van der Waals surface area contributed by atoms with E-state index in [1.54, 1.807) is 24.3 Å². The number of aromatic nitrogens is 3. The Balaban J connectivity index is 1.24. The van der Waals surface area contributed by atoms with Gasteiger partial charge < -0.3 is 24.5 Å². The van der Waals surface area contributed by atoms with Crippen LogP contribution in [0.3, 0.4) is 0 Å². The second kappa shape index (κ2) is 8.98. The summed E-state index contributed by atoms with van der Waals surface area (Å²) in [6.45, 7) is 2.62. The molecule has 180 valence electrons. The number of rotatable bonds is 6.